The highest BCUT2D eigenvalue weighted by atomic mass is 16.2. The standard InChI is InChI=1S/6C16H20N6O/c6*1-11-5-7-22(14(23)8-17-2)9-13(11)21(3)16-12-4-6-18-15(12)19-10-20-16/h6*4,6,10-11,13H,5,7-9H2,1,3H3,(H,18,19,20)/t6*11-,13+/m111111/s1/i1D3,3D3,10D,13D;1D3,3D3,10D,11D;3D3,10D,13D;3D3,10D,11D;1D3,3D3,10D;3D3,10D. The van der Waals surface area contributed by atoms with Crippen molar-refractivity contribution in [2.45, 2.75) is 116 Å². The van der Waals surface area contributed by atoms with Crippen LogP contribution in [0.25, 0.3) is 95.3 Å². The lowest BCUT2D eigenvalue weighted by Crippen LogP contribution is -2.53. The molecular formula is C96H120N36O6. The second kappa shape index (κ2) is 46.5. The van der Waals surface area contributed by atoms with E-state index in [0.717, 1.165) is 24.5 Å². The lowest BCUT2D eigenvalue weighted by atomic mass is 9.92. The van der Waals surface area contributed by atoms with E-state index in [1.165, 1.54) is 55.2 Å². The Labute approximate surface area is 853 Å². The number of carbonyl (C=O) groups excluding carboxylic acids is 6. The summed E-state index contributed by atoms with van der Waals surface area (Å²) < 4.78 is 300. The van der Waals surface area contributed by atoms with E-state index in [1.54, 1.807) is 61.6 Å². The number of nitrogens with zero attached hydrogens (tertiary/aromatic N) is 30. The number of aromatic nitrogens is 18. The van der Waals surface area contributed by atoms with Crippen molar-refractivity contribution in [3.05, 3.63) is 180 Å². The van der Waals surface area contributed by atoms with Crippen LogP contribution in [-0.4, -0.2) is 350 Å². The molecule has 18 heterocycles. The van der Waals surface area contributed by atoms with E-state index in [0.29, 0.717) is 69.3 Å². The van der Waals surface area contributed by atoms with E-state index in [2.05, 4.69) is 119 Å². The molecule has 42 heteroatoms. The molecule has 12 atom stereocenters. The Morgan fingerprint density at radius 2 is 0.543 bits per heavy atom. The van der Waals surface area contributed by atoms with Gasteiger partial charge in [-0.2, -0.15) is 0 Å². The van der Waals surface area contributed by atoms with Gasteiger partial charge >= 0.3 is 35.4 Å². The SMILES string of the molecule is [2H]c1nc(N(C([2H])([2H])[2H])[C@@]2([2H])CN(C(=O)C[N+]#[C-])CC[C@H]2C([2H])([2H])[2H])c2cc[nH]c2n1.[2H]c1nc(N(C([2H])([2H])[2H])[C@@]2([2H])CN(C(=O)C[N+]#[C-])CC[C@H]2C)c2cc[nH]c2n1.[2H]c1nc(N([C@H]2CN(C(=O)C[N+]#[C-])CC[C@@]2([2H])C([2H])([2H])[2H])C([2H])([2H])[2H])c2cc[nH]c2n1.[2H]c1nc(N([C@H]2CN(C(=O)C[N+]#[C-])CC[C@@]2([2H])C)C([2H])([2H])[2H])c2cc[nH]c2n1.[2H]c1nc(N([C@H]2CN(C(=O)C[N+]#[C-])CC[C@H]2C([2H])([2H])[2H])C([2H])([2H])[2H])c2cc[nH]c2n1.[2H]c1nc(N([C@H]2CN(C(=O)C[N+]#[C-])CC[C@H]2C)C([2H])([2H])[2H])c2cc[nH]c2n1. The number of hydrogen-bond donors (Lipinski definition) is 6. The highest BCUT2D eigenvalue weighted by Gasteiger charge is 2.41. The number of likely N-dealkylation sites (tertiary alicyclic amines) is 6. The summed E-state index contributed by atoms with van der Waals surface area (Å²) in [5, 5.41) is 2.09. The van der Waals surface area contributed by atoms with Gasteiger partial charge in [0.1, 0.15) is 115 Å². The van der Waals surface area contributed by atoms with Crippen LogP contribution in [0.4, 0.5) is 34.9 Å². The third kappa shape index (κ3) is 23.1. The van der Waals surface area contributed by atoms with Gasteiger partial charge in [-0.25, -0.2) is 99.2 Å². The molecule has 6 fully saturated rings. The number of anilines is 6. The van der Waals surface area contributed by atoms with E-state index in [9.17, 15) is 28.8 Å². The Morgan fingerprint density at radius 1 is 0.312 bits per heavy atom. The van der Waals surface area contributed by atoms with Crippen molar-refractivity contribution in [1.29, 1.82) is 0 Å². The average Bonchev–Trinajstić information content (AvgIpc) is 1.63. The van der Waals surface area contributed by atoms with Crippen LogP contribution in [0.1, 0.15) is 131 Å². The molecule has 0 radical (unpaired) electrons. The minimum absolute atomic E-state index is 0.0134. The lowest BCUT2D eigenvalue weighted by molar-refractivity contribution is -0.131. The summed E-state index contributed by atoms with van der Waals surface area (Å²) in [7, 11) is 0. The second-order valence-electron chi connectivity index (χ2n) is 32.6. The number of hydrogen-bond acceptors (Lipinski definition) is 24. The number of aromatic amines is 6. The molecule has 0 saturated carbocycles. The fraction of sp³-hybridized carbons (Fsp3) is 0.500. The first-order valence-corrected chi connectivity index (χ1v) is 43.2. The number of carbonyl (C=O) groups is 6. The molecule has 0 aromatic carbocycles. The van der Waals surface area contributed by atoms with Gasteiger partial charge in [-0.1, -0.05) is 41.3 Å². The van der Waals surface area contributed by atoms with Crippen molar-refractivity contribution in [3.63, 3.8) is 0 Å². The highest BCUT2D eigenvalue weighted by Crippen LogP contribution is 2.37. The summed E-state index contributed by atoms with van der Waals surface area (Å²) in [5.41, 5.74) is 1.62. The van der Waals surface area contributed by atoms with E-state index in [-0.39, 0.29) is 191 Å². The Hall–Kier alpha value is -15.7. The molecule has 6 aliphatic rings. The average molecular weight is 1910 g/mol. The molecule has 42 nitrogen and oxygen atoms in total. The number of rotatable bonds is 18. The van der Waals surface area contributed by atoms with Crippen LogP contribution in [0.3, 0.4) is 0 Å². The maximum atomic E-state index is 12.3. The van der Waals surface area contributed by atoms with Gasteiger partial charge < -0.3 is 118 Å². The van der Waals surface area contributed by atoms with Gasteiger partial charge in [0.15, 0.2) is 0 Å². The normalized spacial score (nSPS) is 28.1. The number of likely N-dealkylation sites (N-methyl/N-ethyl adjacent to an activating group) is 6. The van der Waals surface area contributed by atoms with Gasteiger partial charge in [-0.15, -0.1) is 0 Å². The molecule has 0 aliphatic carbocycles. The van der Waals surface area contributed by atoms with Gasteiger partial charge in [0.2, 0.25) is 0 Å². The van der Waals surface area contributed by atoms with Crippen molar-refractivity contribution in [3.8, 4) is 0 Å². The topological polar surface area (TPSA) is 417 Å². The van der Waals surface area contributed by atoms with Crippen molar-refractivity contribution in [2.75, 3.05) is 189 Å². The molecule has 0 spiro atoms. The molecule has 6 aliphatic heterocycles. The third-order valence-corrected chi connectivity index (χ3v) is 24.2. The van der Waals surface area contributed by atoms with E-state index in [4.69, 9.17) is 90.2 Å². The van der Waals surface area contributed by atoms with Crippen LogP contribution in [-0.2, 0) is 28.8 Å². The minimum Gasteiger partial charge on any atom is -0.354 e. The van der Waals surface area contributed by atoms with Crippen molar-refractivity contribution in [1.82, 2.24) is 119 Å². The van der Waals surface area contributed by atoms with E-state index < -0.39 is 209 Å². The van der Waals surface area contributed by atoms with Gasteiger partial charge in [0, 0.05) is 197 Å². The molecule has 138 heavy (non-hydrogen) atoms. The van der Waals surface area contributed by atoms with Crippen molar-refractivity contribution < 1.29 is 79.5 Å². The van der Waals surface area contributed by atoms with Crippen molar-refractivity contribution >= 4 is 137 Å². The molecule has 12 aromatic rings. The first kappa shape index (κ1) is 61.3. The fourth-order valence-corrected chi connectivity index (χ4v) is 16.4. The first-order valence-electron chi connectivity index (χ1n) is 61.7. The molecule has 6 amide bonds. The molecule has 0 unspecified atom stereocenters. The fourth-order valence-electron chi connectivity index (χ4n) is 16.4. The van der Waals surface area contributed by atoms with Crippen LogP contribution in [0.15, 0.2) is 111 Å². The Morgan fingerprint density at radius 3 is 0.833 bits per heavy atom. The lowest BCUT2D eigenvalue weighted by Gasteiger charge is -2.41. The Kier molecular flexibility index (Phi) is 20.7. The number of fused-ring (bicyclic) bond motifs is 6. The maximum absolute atomic E-state index is 12.3. The Bertz CT molecular complexity index is 8210. The summed E-state index contributed by atoms with van der Waals surface area (Å²) in [4.78, 5) is 170. The molecule has 18 rings (SSSR count). The molecule has 12 aromatic heterocycles. The van der Waals surface area contributed by atoms with Crippen LogP contribution in [0.2, 0.25) is 0 Å². The first-order chi connectivity index (χ1) is 81.3. The van der Waals surface area contributed by atoms with Crippen LogP contribution >= 0.6 is 0 Å². The Balaban J connectivity index is 0.000000171. The summed E-state index contributed by atoms with van der Waals surface area (Å²) in [6.07, 6.45) is 7.66. The maximum Gasteiger partial charge on any atom is 0.302 e. The largest absolute Gasteiger partial charge is 0.354 e. The van der Waals surface area contributed by atoms with Crippen LogP contribution in [0.5, 0.6) is 0 Å². The quantitative estimate of drug-likeness (QED) is 0.0435. The zero-order valence-corrected chi connectivity index (χ0v) is 74.9. The molecule has 0 bridgehead atoms. The summed E-state index contributed by atoms with van der Waals surface area (Å²) >= 11 is 0. The van der Waals surface area contributed by atoms with Crippen LogP contribution < -0.4 is 29.4 Å². The number of piperidine rings is 6. The zero-order chi connectivity index (χ0) is 130. The van der Waals surface area contributed by atoms with Crippen LogP contribution in [0, 0.1) is 74.9 Å². The molecule has 6 saturated heterocycles. The van der Waals surface area contributed by atoms with Gasteiger partial charge in [-0.05, 0) is 110 Å². The van der Waals surface area contributed by atoms with E-state index >= 15 is 0 Å². The monoisotopic (exact) mass is 1910 g/mol. The predicted molar refractivity (Wildman–Crippen MR) is 527 cm³/mol. The number of H-pyrrole nitrogens is 6. The van der Waals surface area contributed by atoms with Crippen molar-refractivity contribution in [2.24, 2.45) is 35.5 Å². The van der Waals surface area contributed by atoms with E-state index in [1.807, 2.05) is 6.92 Å². The summed E-state index contributed by atoms with van der Waals surface area (Å²) in [6, 6.07) is 1.31. The second-order valence-corrected chi connectivity index (χ2v) is 32.6. The molecular weight excluding hydrogens is 1750 g/mol. The third-order valence-electron chi connectivity index (χ3n) is 24.2. The van der Waals surface area contributed by atoms with Gasteiger partial charge in [-0.3, -0.25) is 28.8 Å². The summed E-state index contributed by atoms with van der Waals surface area (Å²) in [6.45, 7) is 19.7. The van der Waals surface area contributed by atoms with Gasteiger partial charge in [0.05, 0.1) is 71.3 Å². The molecule has 6 N–H and O–H groups in total. The predicted octanol–water partition coefficient (Wildman–Crippen LogP) is 9.30. The number of amides is 6. The number of nitrogens with one attached hydrogen (secondary N) is 6. The summed E-state index contributed by atoms with van der Waals surface area (Å²) in [5.74, 6) is -9.59. The zero-order valence-electron chi connectivity index (χ0n) is 112. The van der Waals surface area contributed by atoms with Gasteiger partial charge in [0.25, 0.3) is 39.3 Å². The highest BCUT2D eigenvalue weighted by molar-refractivity contribution is 5.93. The minimum atomic E-state index is -3.03. The molecule has 720 valence electrons. The smallest absolute Gasteiger partial charge is 0.302 e.